The highest BCUT2D eigenvalue weighted by Crippen LogP contribution is 2.33. The largest absolute Gasteiger partial charge is 0.466 e. The second-order valence-electron chi connectivity index (χ2n) is 5.90. The van der Waals surface area contributed by atoms with Crippen molar-refractivity contribution in [3.63, 3.8) is 0 Å². The minimum absolute atomic E-state index is 0.199. The van der Waals surface area contributed by atoms with Crippen molar-refractivity contribution in [3.05, 3.63) is 59.5 Å². The lowest BCUT2D eigenvalue weighted by atomic mass is 10.1. The summed E-state index contributed by atoms with van der Waals surface area (Å²) in [5.74, 6) is -0.276. The zero-order valence-corrected chi connectivity index (χ0v) is 14.5. The summed E-state index contributed by atoms with van der Waals surface area (Å²) < 4.78 is 26.1. The molecule has 0 bridgehead atoms. The lowest BCUT2D eigenvalue weighted by molar-refractivity contribution is -0.145. The number of hydrogen-bond acceptors (Lipinski definition) is 3. The highest BCUT2D eigenvalue weighted by Gasteiger charge is 2.16. The lowest BCUT2D eigenvalue weighted by Crippen LogP contribution is -2.16. The normalized spacial score (nSPS) is 10.9. The molecule has 0 saturated carbocycles. The van der Waals surface area contributed by atoms with Crippen molar-refractivity contribution in [1.29, 1.82) is 0 Å². The molecule has 0 radical (unpaired) electrons. The van der Waals surface area contributed by atoms with Gasteiger partial charge in [-0.1, -0.05) is 6.07 Å². The van der Waals surface area contributed by atoms with Crippen LogP contribution >= 0.6 is 0 Å². The van der Waals surface area contributed by atoms with Crippen molar-refractivity contribution in [1.82, 2.24) is 4.57 Å². The van der Waals surface area contributed by atoms with E-state index in [0.29, 0.717) is 18.2 Å². The van der Waals surface area contributed by atoms with Crippen LogP contribution in [0.15, 0.2) is 42.6 Å². The minimum Gasteiger partial charge on any atom is -0.466 e. The third-order valence-electron chi connectivity index (χ3n) is 4.10. The molecule has 0 saturated heterocycles. The number of rotatable bonds is 5. The first-order valence-corrected chi connectivity index (χ1v) is 8.16. The molecule has 1 aromatic heterocycles. The fourth-order valence-corrected chi connectivity index (χ4v) is 2.75. The molecule has 0 spiro atoms. The van der Waals surface area contributed by atoms with Crippen LogP contribution in [0.5, 0.6) is 5.88 Å². The predicted octanol–water partition coefficient (Wildman–Crippen LogP) is 4.33. The Bertz CT molecular complexity index is 930. The van der Waals surface area contributed by atoms with Crippen molar-refractivity contribution in [2.24, 2.45) is 0 Å². The van der Waals surface area contributed by atoms with Crippen LogP contribution in [0.1, 0.15) is 18.1 Å². The van der Waals surface area contributed by atoms with E-state index in [-0.39, 0.29) is 12.4 Å². The quantitative estimate of drug-likeness (QED) is 0.649. The maximum atomic E-state index is 13.7. The van der Waals surface area contributed by atoms with Gasteiger partial charge in [0.15, 0.2) is 6.61 Å². The number of benzene rings is 2. The van der Waals surface area contributed by atoms with Crippen molar-refractivity contribution >= 4 is 16.7 Å². The monoisotopic (exact) mass is 341 g/mol. The minimum atomic E-state index is -0.438. The Balaban J connectivity index is 2.10. The topological polar surface area (TPSA) is 40.5 Å². The summed E-state index contributed by atoms with van der Waals surface area (Å²) in [7, 11) is 0. The Kier molecular flexibility index (Phi) is 4.74. The van der Waals surface area contributed by atoms with Gasteiger partial charge in [0.05, 0.1) is 12.3 Å². The van der Waals surface area contributed by atoms with E-state index in [4.69, 9.17) is 9.47 Å². The van der Waals surface area contributed by atoms with Gasteiger partial charge in [-0.25, -0.2) is 9.18 Å². The molecule has 130 valence electrons. The molecule has 1 heterocycles. The molecule has 4 nitrogen and oxygen atoms in total. The molecule has 5 heteroatoms. The van der Waals surface area contributed by atoms with Crippen LogP contribution in [-0.2, 0) is 9.53 Å². The van der Waals surface area contributed by atoms with Crippen LogP contribution in [0.4, 0.5) is 4.39 Å². The number of hydrogen-bond donors (Lipinski definition) is 0. The van der Waals surface area contributed by atoms with Crippen LogP contribution in [0.25, 0.3) is 16.5 Å². The zero-order valence-electron chi connectivity index (χ0n) is 14.5. The SMILES string of the molecule is CCOC(=O)COc1c2cc(C)c(C)cc2cn1-c1cccc(F)c1. The number of ether oxygens (including phenoxy) is 2. The number of carbonyl (C=O) groups is 1. The number of fused-ring (bicyclic) bond motifs is 1. The van der Waals surface area contributed by atoms with Gasteiger partial charge >= 0.3 is 5.97 Å². The average molecular weight is 341 g/mol. The number of carbonyl (C=O) groups excluding carboxylic acids is 1. The molecule has 0 N–H and O–H groups in total. The molecule has 0 atom stereocenters. The third-order valence-corrected chi connectivity index (χ3v) is 4.10. The Hall–Kier alpha value is -2.82. The van der Waals surface area contributed by atoms with Crippen LogP contribution in [-0.4, -0.2) is 23.8 Å². The first-order valence-electron chi connectivity index (χ1n) is 8.16. The van der Waals surface area contributed by atoms with Gasteiger partial charge in [0.2, 0.25) is 5.88 Å². The number of aromatic nitrogens is 1. The van der Waals surface area contributed by atoms with Gasteiger partial charge in [0.25, 0.3) is 0 Å². The highest BCUT2D eigenvalue weighted by molar-refractivity contribution is 5.90. The molecule has 0 aliphatic heterocycles. The molecule has 0 amide bonds. The number of aryl methyl sites for hydroxylation is 2. The molecular formula is C20H20FNO3. The van der Waals surface area contributed by atoms with Crippen molar-refractivity contribution < 1.29 is 18.7 Å². The molecule has 0 aliphatic carbocycles. The van der Waals surface area contributed by atoms with Gasteiger partial charge in [0, 0.05) is 17.0 Å². The molecule has 25 heavy (non-hydrogen) atoms. The van der Waals surface area contributed by atoms with E-state index in [2.05, 4.69) is 6.07 Å². The van der Waals surface area contributed by atoms with E-state index in [1.54, 1.807) is 23.6 Å². The molecule has 3 rings (SSSR count). The Morgan fingerprint density at radius 2 is 1.92 bits per heavy atom. The van der Waals surface area contributed by atoms with Crippen LogP contribution in [0.3, 0.4) is 0 Å². The Morgan fingerprint density at radius 3 is 2.64 bits per heavy atom. The Labute approximate surface area is 145 Å². The standard InChI is InChI=1S/C20H20FNO3/c1-4-24-19(23)12-25-20-18-9-14(3)13(2)8-15(18)11-22(20)17-7-5-6-16(21)10-17/h5-11H,4,12H2,1-3H3. The molecular weight excluding hydrogens is 321 g/mol. The highest BCUT2D eigenvalue weighted by atomic mass is 19.1. The molecule has 3 aromatic rings. The number of esters is 1. The molecule has 0 fully saturated rings. The third kappa shape index (κ3) is 3.50. The molecule has 2 aromatic carbocycles. The summed E-state index contributed by atoms with van der Waals surface area (Å²) in [5, 5.41) is 1.84. The summed E-state index contributed by atoms with van der Waals surface area (Å²) in [6.07, 6.45) is 1.89. The first-order chi connectivity index (χ1) is 12.0. The van der Waals surface area contributed by atoms with Crippen molar-refractivity contribution in [2.45, 2.75) is 20.8 Å². The summed E-state index contributed by atoms with van der Waals surface area (Å²) in [6.45, 7) is 5.90. The number of halogens is 1. The van der Waals surface area contributed by atoms with E-state index in [1.165, 1.54) is 12.1 Å². The average Bonchev–Trinajstić information content (AvgIpc) is 2.91. The maximum absolute atomic E-state index is 13.7. The number of nitrogens with zero attached hydrogens (tertiary/aromatic N) is 1. The van der Waals surface area contributed by atoms with E-state index < -0.39 is 5.97 Å². The van der Waals surface area contributed by atoms with E-state index in [0.717, 1.165) is 21.9 Å². The maximum Gasteiger partial charge on any atom is 0.344 e. The van der Waals surface area contributed by atoms with Crippen LogP contribution in [0, 0.1) is 19.7 Å². The fourth-order valence-electron chi connectivity index (χ4n) is 2.75. The van der Waals surface area contributed by atoms with Gasteiger partial charge in [-0.15, -0.1) is 0 Å². The summed E-state index contributed by atoms with van der Waals surface area (Å²) in [5.41, 5.74) is 2.90. The van der Waals surface area contributed by atoms with Gasteiger partial charge in [-0.3, -0.25) is 4.57 Å². The van der Waals surface area contributed by atoms with Gasteiger partial charge in [0.1, 0.15) is 5.82 Å². The van der Waals surface area contributed by atoms with Gasteiger partial charge in [-0.05, 0) is 62.2 Å². The summed E-state index contributed by atoms with van der Waals surface area (Å²) in [6, 6.07) is 10.3. The van der Waals surface area contributed by atoms with Crippen LogP contribution in [0.2, 0.25) is 0 Å². The lowest BCUT2D eigenvalue weighted by Gasteiger charge is -2.11. The van der Waals surface area contributed by atoms with Crippen molar-refractivity contribution in [2.75, 3.05) is 13.2 Å². The summed E-state index contributed by atoms with van der Waals surface area (Å²) in [4.78, 5) is 11.7. The second-order valence-corrected chi connectivity index (χ2v) is 5.90. The predicted molar refractivity (Wildman–Crippen MR) is 94.8 cm³/mol. The van der Waals surface area contributed by atoms with Crippen molar-refractivity contribution in [3.8, 4) is 11.6 Å². The van der Waals surface area contributed by atoms with E-state index in [1.807, 2.05) is 26.1 Å². The van der Waals surface area contributed by atoms with Gasteiger partial charge < -0.3 is 9.47 Å². The second kappa shape index (κ2) is 6.97. The van der Waals surface area contributed by atoms with E-state index >= 15 is 0 Å². The van der Waals surface area contributed by atoms with Gasteiger partial charge in [-0.2, -0.15) is 0 Å². The smallest absolute Gasteiger partial charge is 0.344 e. The first kappa shape index (κ1) is 17.0. The Morgan fingerprint density at radius 1 is 1.16 bits per heavy atom. The molecule has 0 aliphatic rings. The zero-order chi connectivity index (χ0) is 18.0. The summed E-state index contributed by atoms with van der Waals surface area (Å²) >= 11 is 0. The van der Waals surface area contributed by atoms with E-state index in [9.17, 15) is 9.18 Å². The fraction of sp³-hybridized carbons (Fsp3) is 0.250. The van der Waals surface area contributed by atoms with Crippen LogP contribution < -0.4 is 4.74 Å². The molecule has 0 unspecified atom stereocenters.